The van der Waals surface area contributed by atoms with Crippen molar-refractivity contribution in [3.05, 3.63) is 71.3 Å². The van der Waals surface area contributed by atoms with Crippen LogP contribution in [0.15, 0.2) is 54.6 Å². The summed E-state index contributed by atoms with van der Waals surface area (Å²) in [5.41, 5.74) is 1.52. The number of carbonyl (C=O) groups is 2. The summed E-state index contributed by atoms with van der Waals surface area (Å²) in [6.07, 6.45) is 0.980. The molecule has 2 rings (SSSR count). The van der Waals surface area contributed by atoms with Crippen molar-refractivity contribution >= 4 is 47.7 Å². The van der Waals surface area contributed by atoms with Crippen molar-refractivity contribution in [3.8, 4) is 11.8 Å². The first-order valence-corrected chi connectivity index (χ1v) is 9.57. The summed E-state index contributed by atoms with van der Waals surface area (Å²) in [5.74, 6) is 4.40. The van der Waals surface area contributed by atoms with Crippen LogP contribution in [0.4, 0.5) is 0 Å². The normalized spacial score (nSPS) is 10.6. The van der Waals surface area contributed by atoms with Crippen molar-refractivity contribution in [1.82, 2.24) is 9.06 Å². The number of hydrogen-bond donors (Lipinski definition) is 0. The molecule has 0 atom stereocenters. The van der Waals surface area contributed by atoms with Gasteiger partial charge < -0.3 is 0 Å². The molecule has 2 aromatic rings. The number of halogens is 3. The Labute approximate surface area is 188 Å². The third-order valence-corrected chi connectivity index (χ3v) is 5.18. The number of aryl methyl sites for hydroxylation is 1. The molecule has 0 aromatic heterocycles. The van der Waals surface area contributed by atoms with Crippen molar-refractivity contribution < 1.29 is 9.59 Å². The largest absolute Gasteiger partial charge is 0.329 e. The van der Waals surface area contributed by atoms with Crippen LogP contribution < -0.4 is 0 Å². The first-order chi connectivity index (χ1) is 13.2. The fourth-order valence-electron chi connectivity index (χ4n) is 2.50. The molecule has 0 N–H and O–H groups in total. The highest BCUT2D eigenvalue weighted by atomic mass is 35.5. The Balaban J connectivity index is 0.00000420. The summed E-state index contributed by atoms with van der Waals surface area (Å²) in [5, 5.41) is 0. The summed E-state index contributed by atoms with van der Waals surface area (Å²) in [6, 6.07) is 16.5. The van der Waals surface area contributed by atoms with Gasteiger partial charge in [-0.1, -0.05) is 55.3 Å². The van der Waals surface area contributed by atoms with Gasteiger partial charge in [0, 0.05) is 47.0 Å². The lowest BCUT2D eigenvalue weighted by Crippen LogP contribution is -2.47. The SMILES string of the molecule is CCc1ccc(C(=O)CC(C)(C)N(Cl)N(Cl)C(=O)C#Cc2ccccc2)cc1.Cl. The molecule has 0 heterocycles. The topological polar surface area (TPSA) is 40.6 Å². The van der Waals surface area contributed by atoms with Crippen molar-refractivity contribution in [2.75, 3.05) is 0 Å². The van der Waals surface area contributed by atoms with E-state index in [1.807, 2.05) is 30.3 Å². The van der Waals surface area contributed by atoms with Crippen LogP contribution in [-0.2, 0) is 11.2 Å². The van der Waals surface area contributed by atoms with Crippen LogP contribution in [0.3, 0.4) is 0 Å². The molecule has 0 aliphatic heterocycles. The molecule has 0 saturated heterocycles. The molecule has 0 radical (unpaired) electrons. The molecule has 7 heteroatoms. The van der Waals surface area contributed by atoms with Crippen LogP contribution in [0.2, 0.25) is 0 Å². The van der Waals surface area contributed by atoms with Gasteiger partial charge in [0.15, 0.2) is 5.78 Å². The maximum absolute atomic E-state index is 12.6. The minimum atomic E-state index is -0.909. The van der Waals surface area contributed by atoms with E-state index in [0.717, 1.165) is 16.5 Å². The number of ketones is 1. The van der Waals surface area contributed by atoms with Crippen molar-refractivity contribution in [1.29, 1.82) is 0 Å². The van der Waals surface area contributed by atoms with Crippen LogP contribution in [0.1, 0.15) is 48.7 Å². The number of Topliss-reactive ketones (excluding diaryl/α,β-unsaturated/α-hetero) is 1. The van der Waals surface area contributed by atoms with Gasteiger partial charge in [0.05, 0.1) is 5.54 Å². The van der Waals surface area contributed by atoms with Crippen molar-refractivity contribution in [2.45, 2.75) is 39.2 Å². The number of rotatable bonds is 6. The van der Waals surface area contributed by atoms with Crippen molar-refractivity contribution in [2.24, 2.45) is 0 Å². The Hall–Kier alpha value is -2.03. The second kappa shape index (κ2) is 11.2. The third-order valence-electron chi connectivity index (χ3n) is 4.19. The van der Waals surface area contributed by atoms with Gasteiger partial charge in [-0.3, -0.25) is 9.59 Å². The Morgan fingerprint density at radius 2 is 1.59 bits per heavy atom. The quantitative estimate of drug-likeness (QED) is 0.253. The van der Waals surface area contributed by atoms with Crippen LogP contribution in [-0.4, -0.2) is 26.3 Å². The lowest BCUT2D eigenvalue weighted by molar-refractivity contribution is -0.130. The van der Waals surface area contributed by atoms with Crippen LogP contribution in [0, 0.1) is 11.8 Å². The van der Waals surface area contributed by atoms with E-state index in [0.29, 0.717) is 15.7 Å². The van der Waals surface area contributed by atoms with Crippen molar-refractivity contribution in [3.63, 3.8) is 0 Å². The zero-order chi connectivity index (χ0) is 20.7. The van der Waals surface area contributed by atoms with Gasteiger partial charge in [0.1, 0.15) is 0 Å². The van der Waals surface area contributed by atoms with E-state index in [1.54, 1.807) is 38.1 Å². The standard InChI is InChI=1S/C22H22Cl2N2O2.ClH/c1-4-17-10-13-19(14-11-17)20(27)16-22(2,3)26(24)25(23)21(28)15-12-18-8-6-5-7-9-18;/h5-11,13-14H,4,16H2,1-3H3;1H. The Morgan fingerprint density at radius 1 is 1.00 bits per heavy atom. The molecule has 0 aliphatic rings. The van der Waals surface area contributed by atoms with E-state index in [2.05, 4.69) is 18.8 Å². The predicted octanol–water partition coefficient (Wildman–Crippen LogP) is 5.43. The molecule has 4 nitrogen and oxygen atoms in total. The number of carbonyl (C=O) groups excluding carboxylic acids is 2. The average molecular weight is 454 g/mol. The number of amides is 1. The molecular formula is C22H23Cl3N2O2. The predicted molar refractivity (Wildman–Crippen MR) is 120 cm³/mol. The highest BCUT2D eigenvalue weighted by Gasteiger charge is 2.34. The molecule has 154 valence electrons. The first kappa shape index (κ1) is 25.0. The molecule has 1 amide bonds. The van der Waals surface area contributed by atoms with E-state index in [9.17, 15) is 9.59 Å². The van der Waals surface area contributed by atoms with Gasteiger partial charge in [-0.05, 0) is 38.0 Å². The number of nitrogens with zero attached hydrogens (tertiary/aromatic N) is 2. The molecule has 2 aromatic carbocycles. The zero-order valence-electron chi connectivity index (χ0n) is 16.5. The zero-order valence-corrected chi connectivity index (χ0v) is 18.8. The van der Waals surface area contributed by atoms with E-state index in [1.165, 1.54) is 0 Å². The fraction of sp³-hybridized carbons (Fsp3) is 0.273. The minimum absolute atomic E-state index is 0. The van der Waals surface area contributed by atoms with Gasteiger partial charge in [-0.2, -0.15) is 4.53 Å². The molecule has 0 bridgehead atoms. The molecule has 0 spiro atoms. The Bertz CT molecular complexity index is 888. The maximum Gasteiger partial charge on any atom is 0.329 e. The molecule has 0 aliphatic carbocycles. The van der Waals surface area contributed by atoms with Gasteiger partial charge in [0.25, 0.3) is 0 Å². The summed E-state index contributed by atoms with van der Waals surface area (Å²) in [6.45, 7) is 5.51. The van der Waals surface area contributed by atoms with E-state index in [4.69, 9.17) is 23.6 Å². The second-order valence-electron chi connectivity index (χ2n) is 6.90. The van der Waals surface area contributed by atoms with Gasteiger partial charge >= 0.3 is 5.91 Å². The fourth-order valence-corrected chi connectivity index (χ4v) is 2.87. The highest BCUT2D eigenvalue weighted by Crippen LogP contribution is 2.27. The van der Waals surface area contributed by atoms with E-state index >= 15 is 0 Å². The smallest absolute Gasteiger partial charge is 0.294 e. The molecular weight excluding hydrogens is 431 g/mol. The van der Waals surface area contributed by atoms with Gasteiger partial charge in [-0.15, -0.1) is 16.9 Å². The van der Waals surface area contributed by atoms with Crippen LogP contribution in [0.5, 0.6) is 0 Å². The first-order valence-electron chi connectivity index (χ1n) is 8.89. The molecule has 0 fully saturated rings. The summed E-state index contributed by atoms with van der Waals surface area (Å²) >= 11 is 12.3. The number of hydrazine groups is 1. The van der Waals surface area contributed by atoms with E-state index in [-0.39, 0.29) is 24.6 Å². The maximum atomic E-state index is 12.6. The number of hydrogen-bond acceptors (Lipinski definition) is 3. The van der Waals surface area contributed by atoms with Gasteiger partial charge in [-0.25, -0.2) is 0 Å². The average Bonchev–Trinajstić information content (AvgIpc) is 2.71. The van der Waals surface area contributed by atoms with E-state index < -0.39 is 11.4 Å². The number of benzene rings is 2. The second-order valence-corrected chi connectivity index (χ2v) is 7.54. The van der Waals surface area contributed by atoms with Crippen LogP contribution >= 0.6 is 36.0 Å². The Morgan fingerprint density at radius 3 is 2.14 bits per heavy atom. The molecule has 0 saturated carbocycles. The van der Waals surface area contributed by atoms with Gasteiger partial charge in [0.2, 0.25) is 0 Å². The summed E-state index contributed by atoms with van der Waals surface area (Å²) in [7, 11) is 0. The molecule has 29 heavy (non-hydrogen) atoms. The minimum Gasteiger partial charge on any atom is -0.294 e. The lowest BCUT2D eigenvalue weighted by Gasteiger charge is -2.35. The Kier molecular flexibility index (Phi) is 9.68. The summed E-state index contributed by atoms with van der Waals surface area (Å²) in [4.78, 5) is 24.8. The highest BCUT2D eigenvalue weighted by molar-refractivity contribution is 6.27. The molecule has 0 unspecified atom stereocenters. The third kappa shape index (κ3) is 7.06. The lowest BCUT2D eigenvalue weighted by atomic mass is 9.94. The summed E-state index contributed by atoms with van der Waals surface area (Å²) < 4.78 is 1.71. The van der Waals surface area contributed by atoms with Crippen LogP contribution in [0.25, 0.3) is 0 Å². The monoisotopic (exact) mass is 452 g/mol.